The number of rotatable bonds is 4. The smallest absolute Gasteiger partial charge is 0.410 e. The first-order valence-corrected chi connectivity index (χ1v) is 10.0. The van der Waals surface area contributed by atoms with Crippen LogP contribution in [-0.4, -0.2) is 69.7 Å². The maximum absolute atomic E-state index is 13.1. The molecular formula is C21H25ClN4O4. The Kier molecular flexibility index (Phi) is 6.77. The van der Waals surface area contributed by atoms with Crippen LogP contribution in [0.25, 0.3) is 0 Å². The average molecular weight is 433 g/mol. The minimum atomic E-state index is -0.601. The van der Waals surface area contributed by atoms with Gasteiger partial charge in [0.2, 0.25) is 0 Å². The summed E-state index contributed by atoms with van der Waals surface area (Å²) in [5.74, 6) is 0.321. The molecular weight excluding hydrogens is 408 g/mol. The lowest BCUT2D eigenvalue weighted by Crippen LogP contribution is -2.59. The number of aromatic nitrogens is 2. The van der Waals surface area contributed by atoms with E-state index in [0.717, 1.165) is 0 Å². The highest BCUT2D eigenvalue weighted by molar-refractivity contribution is 6.29. The number of hydrogen-bond donors (Lipinski definition) is 0. The molecule has 9 heteroatoms. The van der Waals surface area contributed by atoms with Gasteiger partial charge >= 0.3 is 6.09 Å². The van der Waals surface area contributed by atoms with Crippen molar-refractivity contribution in [1.82, 2.24) is 19.8 Å². The molecule has 0 radical (unpaired) electrons. The molecule has 1 fully saturated rings. The highest BCUT2D eigenvalue weighted by Crippen LogP contribution is 2.19. The first kappa shape index (κ1) is 21.8. The Balaban J connectivity index is 1.76. The van der Waals surface area contributed by atoms with Gasteiger partial charge in [-0.05, 0) is 45.0 Å². The molecule has 0 aliphatic carbocycles. The fourth-order valence-electron chi connectivity index (χ4n) is 3.06. The number of carbonyl (C=O) groups excluding carboxylic acids is 2. The van der Waals surface area contributed by atoms with Crippen molar-refractivity contribution in [3.8, 4) is 5.75 Å². The predicted molar refractivity (Wildman–Crippen MR) is 112 cm³/mol. The first-order chi connectivity index (χ1) is 14.2. The van der Waals surface area contributed by atoms with Crippen LogP contribution in [0.3, 0.4) is 0 Å². The van der Waals surface area contributed by atoms with Gasteiger partial charge in [0.25, 0.3) is 5.91 Å². The molecule has 1 aliphatic heterocycles. The molecule has 30 heavy (non-hydrogen) atoms. The number of carbonyl (C=O) groups is 2. The monoisotopic (exact) mass is 432 g/mol. The van der Waals surface area contributed by atoms with E-state index in [4.69, 9.17) is 21.1 Å². The molecule has 3 rings (SSSR count). The molecule has 8 nitrogen and oxygen atoms in total. The first-order valence-electron chi connectivity index (χ1n) is 9.67. The second-order valence-corrected chi connectivity index (χ2v) is 8.31. The number of pyridine rings is 2. The van der Waals surface area contributed by atoms with Crippen LogP contribution in [0.2, 0.25) is 5.15 Å². The minimum absolute atomic E-state index is 0.192. The van der Waals surface area contributed by atoms with Crippen LogP contribution < -0.4 is 4.74 Å². The van der Waals surface area contributed by atoms with Crippen molar-refractivity contribution in [3.05, 3.63) is 53.6 Å². The van der Waals surface area contributed by atoms with E-state index in [9.17, 15) is 9.59 Å². The van der Waals surface area contributed by atoms with Gasteiger partial charge < -0.3 is 19.3 Å². The highest BCUT2D eigenvalue weighted by Gasteiger charge is 2.35. The number of piperazine rings is 1. The van der Waals surface area contributed by atoms with E-state index in [1.807, 2.05) is 20.8 Å². The van der Waals surface area contributed by atoms with Crippen molar-refractivity contribution in [3.63, 3.8) is 0 Å². The van der Waals surface area contributed by atoms with E-state index in [-0.39, 0.29) is 35.9 Å². The molecule has 1 atom stereocenters. The quantitative estimate of drug-likeness (QED) is 0.689. The van der Waals surface area contributed by atoms with Crippen LogP contribution in [0.5, 0.6) is 5.75 Å². The normalized spacial score (nSPS) is 16.9. The maximum atomic E-state index is 13.1. The summed E-state index contributed by atoms with van der Waals surface area (Å²) in [5.41, 5.74) is -0.351. The zero-order valence-electron chi connectivity index (χ0n) is 17.2. The van der Waals surface area contributed by atoms with E-state index < -0.39 is 11.7 Å². The molecule has 2 aromatic heterocycles. The third kappa shape index (κ3) is 5.82. The Morgan fingerprint density at radius 3 is 2.67 bits per heavy atom. The summed E-state index contributed by atoms with van der Waals surface area (Å²) in [6.45, 7) is 6.60. The maximum Gasteiger partial charge on any atom is 0.410 e. The Labute approximate surface area is 180 Å². The van der Waals surface area contributed by atoms with Crippen LogP contribution >= 0.6 is 11.6 Å². The van der Waals surface area contributed by atoms with Gasteiger partial charge in [-0.2, -0.15) is 0 Å². The summed E-state index contributed by atoms with van der Waals surface area (Å²) in [6, 6.07) is 8.07. The molecule has 0 N–H and O–H groups in total. The molecule has 1 aliphatic rings. The second-order valence-electron chi connectivity index (χ2n) is 7.92. The zero-order chi connectivity index (χ0) is 21.7. The van der Waals surface area contributed by atoms with Gasteiger partial charge in [0, 0.05) is 25.8 Å². The van der Waals surface area contributed by atoms with Gasteiger partial charge in [0.05, 0.1) is 12.2 Å². The zero-order valence-corrected chi connectivity index (χ0v) is 18.0. The third-order valence-electron chi connectivity index (χ3n) is 4.41. The van der Waals surface area contributed by atoms with Crippen LogP contribution in [-0.2, 0) is 4.74 Å². The number of halogens is 1. The molecule has 1 saturated heterocycles. The lowest BCUT2D eigenvalue weighted by Gasteiger charge is -2.41. The highest BCUT2D eigenvalue weighted by atomic mass is 35.5. The molecule has 0 spiro atoms. The van der Waals surface area contributed by atoms with Gasteiger partial charge in [-0.3, -0.25) is 9.78 Å². The van der Waals surface area contributed by atoms with E-state index in [1.54, 1.807) is 52.5 Å². The van der Waals surface area contributed by atoms with Crippen molar-refractivity contribution in [1.29, 1.82) is 0 Å². The summed E-state index contributed by atoms with van der Waals surface area (Å²) >= 11 is 5.95. The largest absolute Gasteiger partial charge is 0.490 e. The van der Waals surface area contributed by atoms with E-state index in [1.165, 1.54) is 0 Å². The number of nitrogens with zero attached hydrogens (tertiary/aromatic N) is 4. The van der Waals surface area contributed by atoms with Crippen molar-refractivity contribution in [2.75, 3.05) is 26.2 Å². The Morgan fingerprint density at radius 1 is 1.20 bits per heavy atom. The Bertz CT molecular complexity index is 888. The van der Waals surface area contributed by atoms with Crippen molar-refractivity contribution in [2.45, 2.75) is 32.4 Å². The third-order valence-corrected chi connectivity index (χ3v) is 4.62. The van der Waals surface area contributed by atoms with Gasteiger partial charge in [-0.15, -0.1) is 0 Å². The standard InChI is InChI=1S/C21H25ClN4O4/c1-21(2,3)30-20(28)25-10-11-26(19(27)17-7-4-8-18(22)24-17)15(13-25)14-29-16-6-5-9-23-12-16/h4-9,12,15H,10-11,13-14H2,1-3H3. The van der Waals surface area contributed by atoms with Crippen LogP contribution in [0.4, 0.5) is 4.79 Å². The molecule has 3 heterocycles. The van der Waals surface area contributed by atoms with E-state index in [2.05, 4.69) is 9.97 Å². The van der Waals surface area contributed by atoms with Crippen molar-refractivity contribution < 1.29 is 19.1 Å². The second kappa shape index (κ2) is 9.30. The molecule has 1 unspecified atom stereocenters. The van der Waals surface area contributed by atoms with Gasteiger partial charge in [0.15, 0.2) is 0 Å². The fourth-order valence-corrected chi connectivity index (χ4v) is 3.22. The number of hydrogen-bond acceptors (Lipinski definition) is 6. The van der Waals surface area contributed by atoms with Gasteiger partial charge in [0.1, 0.15) is 28.8 Å². The SMILES string of the molecule is CC(C)(C)OC(=O)N1CCN(C(=O)c2cccc(Cl)n2)C(COc2cccnc2)C1. The van der Waals surface area contributed by atoms with Crippen LogP contribution in [0.1, 0.15) is 31.3 Å². The van der Waals surface area contributed by atoms with Crippen molar-refractivity contribution in [2.24, 2.45) is 0 Å². The van der Waals surface area contributed by atoms with Gasteiger partial charge in [-0.1, -0.05) is 17.7 Å². The lowest BCUT2D eigenvalue weighted by atomic mass is 10.1. The van der Waals surface area contributed by atoms with E-state index >= 15 is 0 Å². The van der Waals surface area contributed by atoms with E-state index in [0.29, 0.717) is 18.8 Å². The molecule has 0 aromatic carbocycles. The summed E-state index contributed by atoms with van der Waals surface area (Å²) in [6.07, 6.45) is 2.83. The fraction of sp³-hybridized carbons (Fsp3) is 0.429. The van der Waals surface area contributed by atoms with Crippen molar-refractivity contribution >= 4 is 23.6 Å². The Morgan fingerprint density at radius 2 is 2.00 bits per heavy atom. The predicted octanol–water partition coefficient (Wildman–Crippen LogP) is 3.27. The van der Waals surface area contributed by atoms with Crippen LogP contribution in [0, 0.1) is 0 Å². The average Bonchev–Trinajstić information content (AvgIpc) is 2.71. The summed E-state index contributed by atoms with van der Waals surface area (Å²) in [5, 5.41) is 0.247. The summed E-state index contributed by atoms with van der Waals surface area (Å²) < 4.78 is 11.3. The Hall–Kier alpha value is -2.87. The lowest BCUT2D eigenvalue weighted by molar-refractivity contribution is -0.00108. The molecule has 2 aromatic rings. The molecule has 2 amide bonds. The number of amides is 2. The minimum Gasteiger partial charge on any atom is -0.490 e. The molecule has 0 bridgehead atoms. The molecule has 160 valence electrons. The topological polar surface area (TPSA) is 84.9 Å². The summed E-state index contributed by atoms with van der Waals surface area (Å²) in [7, 11) is 0. The number of ether oxygens (including phenoxy) is 2. The van der Waals surface area contributed by atoms with Crippen LogP contribution in [0.15, 0.2) is 42.7 Å². The molecule has 0 saturated carbocycles. The summed E-state index contributed by atoms with van der Waals surface area (Å²) in [4.78, 5) is 37.0. The van der Waals surface area contributed by atoms with Gasteiger partial charge in [-0.25, -0.2) is 9.78 Å².